The van der Waals surface area contributed by atoms with E-state index in [-0.39, 0.29) is 10.9 Å². The molecule has 106 valence electrons. The average Bonchev–Trinajstić information content (AvgIpc) is 2.88. The van der Waals surface area contributed by atoms with Crippen molar-refractivity contribution < 1.29 is 13.2 Å². The topological polar surface area (TPSA) is 86.4 Å². The van der Waals surface area contributed by atoms with E-state index in [0.29, 0.717) is 38.4 Å². The maximum Gasteiger partial charge on any atom is 0.260 e. The van der Waals surface area contributed by atoms with Gasteiger partial charge in [0.15, 0.2) is 5.03 Å². The molecule has 0 spiro atoms. The van der Waals surface area contributed by atoms with Gasteiger partial charge in [-0.05, 0) is 0 Å². The Hall–Kier alpha value is -1.41. The van der Waals surface area contributed by atoms with Gasteiger partial charge in [-0.15, -0.1) is 0 Å². The molecule has 1 saturated heterocycles. The molecule has 1 aliphatic heterocycles. The van der Waals surface area contributed by atoms with Gasteiger partial charge >= 0.3 is 0 Å². The third-order valence-corrected chi connectivity index (χ3v) is 5.05. The van der Waals surface area contributed by atoms with Gasteiger partial charge < -0.3 is 9.88 Å². The van der Waals surface area contributed by atoms with Gasteiger partial charge in [0.1, 0.15) is 5.82 Å². The van der Waals surface area contributed by atoms with Crippen molar-refractivity contribution in [2.45, 2.75) is 25.3 Å². The minimum absolute atomic E-state index is 0.0214. The van der Waals surface area contributed by atoms with Gasteiger partial charge in [0.05, 0.1) is 6.20 Å². The maximum absolute atomic E-state index is 12.3. The number of aromatic amines is 1. The Morgan fingerprint density at radius 2 is 2.00 bits per heavy atom. The predicted octanol–water partition coefficient (Wildman–Crippen LogP) is -0.175. The lowest BCUT2D eigenvalue weighted by Gasteiger charge is -2.32. The van der Waals surface area contributed by atoms with Crippen molar-refractivity contribution in [1.29, 1.82) is 0 Å². The highest BCUT2D eigenvalue weighted by molar-refractivity contribution is 7.89. The zero-order valence-corrected chi connectivity index (χ0v) is 11.9. The Bertz CT molecular complexity index is 558. The molecule has 2 rings (SSSR count). The summed E-state index contributed by atoms with van der Waals surface area (Å²) >= 11 is 0. The number of carbonyl (C=O) groups is 1. The Balaban J connectivity index is 2.11. The number of nitrogens with one attached hydrogen (secondary N) is 1. The van der Waals surface area contributed by atoms with Crippen LogP contribution in [0.2, 0.25) is 0 Å². The normalized spacial score (nSPS) is 17.7. The standard InChI is InChI=1S/C11H18N4O3S/c1-3-10-12-8-11(13-10)19(17,18)15-6-4-14(5-7-15)9(2)16/h8H,3-7H2,1-2H3,(H,12,13). The number of imidazole rings is 1. The van der Waals surface area contributed by atoms with Crippen LogP contribution in [0.4, 0.5) is 0 Å². The van der Waals surface area contributed by atoms with Crippen molar-refractivity contribution in [3.05, 3.63) is 12.0 Å². The highest BCUT2D eigenvalue weighted by Gasteiger charge is 2.30. The van der Waals surface area contributed by atoms with Crippen LogP contribution in [0.15, 0.2) is 11.2 Å². The molecule has 0 saturated carbocycles. The zero-order valence-electron chi connectivity index (χ0n) is 11.1. The first kappa shape index (κ1) is 14.0. The molecule has 0 atom stereocenters. The number of amides is 1. The van der Waals surface area contributed by atoms with Crippen molar-refractivity contribution in [2.24, 2.45) is 0 Å². The van der Waals surface area contributed by atoms with E-state index in [2.05, 4.69) is 9.97 Å². The summed E-state index contributed by atoms with van der Waals surface area (Å²) < 4.78 is 26.1. The van der Waals surface area contributed by atoms with E-state index in [1.807, 2.05) is 6.92 Å². The molecule has 1 aromatic heterocycles. The number of hydrogen-bond donors (Lipinski definition) is 1. The van der Waals surface area contributed by atoms with Gasteiger partial charge in [0.2, 0.25) is 5.91 Å². The predicted molar refractivity (Wildman–Crippen MR) is 69.0 cm³/mol. The first-order valence-electron chi connectivity index (χ1n) is 6.24. The Morgan fingerprint density at radius 1 is 1.37 bits per heavy atom. The second-order valence-corrected chi connectivity index (χ2v) is 6.36. The fraction of sp³-hybridized carbons (Fsp3) is 0.636. The van der Waals surface area contributed by atoms with Crippen LogP contribution in [-0.4, -0.2) is 59.7 Å². The Morgan fingerprint density at radius 3 is 2.47 bits per heavy atom. The van der Waals surface area contributed by atoms with E-state index in [9.17, 15) is 13.2 Å². The number of aryl methyl sites for hydroxylation is 1. The van der Waals surface area contributed by atoms with Crippen molar-refractivity contribution in [1.82, 2.24) is 19.2 Å². The maximum atomic E-state index is 12.3. The third kappa shape index (κ3) is 2.79. The minimum Gasteiger partial charge on any atom is -0.340 e. The molecule has 0 radical (unpaired) electrons. The quantitative estimate of drug-likeness (QED) is 0.835. The number of H-pyrrole nitrogens is 1. The van der Waals surface area contributed by atoms with Crippen LogP contribution >= 0.6 is 0 Å². The molecule has 8 heteroatoms. The van der Waals surface area contributed by atoms with Gasteiger partial charge in [0.25, 0.3) is 10.0 Å². The summed E-state index contributed by atoms with van der Waals surface area (Å²) in [6, 6.07) is 0. The van der Waals surface area contributed by atoms with Crippen LogP contribution in [0.1, 0.15) is 19.7 Å². The summed E-state index contributed by atoms with van der Waals surface area (Å²) in [7, 11) is -3.52. The molecule has 1 aliphatic rings. The van der Waals surface area contributed by atoms with Crippen LogP contribution in [-0.2, 0) is 21.2 Å². The third-order valence-electron chi connectivity index (χ3n) is 3.24. The lowest BCUT2D eigenvalue weighted by atomic mass is 10.3. The van der Waals surface area contributed by atoms with E-state index in [1.54, 1.807) is 4.90 Å². The van der Waals surface area contributed by atoms with Crippen molar-refractivity contribution in [2.75, 3.05) is 26.2 Å². The molecule has 1 N–H and O–H groups in total. The summed E-state index contributed by atoms with van der Waals surface area (Å²) in [5.41, 5.74) is 0. The molecule has 1 aromatic rings. The smallest absolute Gasteiger partial charge is 0.260 e. The summed E-state index contributed by atoms with van der Waals surface area (Å²) in [5, 5.41) is 0.126. The zero-order chi connectivity index (χ0) is 14.0. The summed E-state index contributed by atoms with van der Waals surface area (Å²) in [4.78, 5) is 19.7. The molecule has 1 amide bonds. The van der Waals surface area contributed by atoms with Crippen LogP contribution in [0.25, 0.3) is 0 Å². The number of piperazine rings is 1. The lowest BCUT2D eigenvalue weighted by Crippen LogP contribution is -2.50. The van der Waals surface area contributed by atoms with Crippen LogP contribution in [0.5, 0.6) is 0 Å². The van der Waals surface area contributed by atoms with Crippen LogP contribution in [0.3, 0.4) is 0 Å². The second kappa shape index (κ2) is 5.30. The van der Waals surface area contributed by atoms with E-state index >= 15 is 0 Å². The van der Waals surface area contributed by atoms with Crippen molar-refractivity contribution in [3.63, 3.8) is 0 Å². The molecular formula is C11H18N4O3S. The highest BCUT2D eigenvalue weighted by Crippen LogP contribution is 2.16. The SMILES string of the molecule is CCc1ncc(S(=O)(=O)N2CCN(C(C)=O)CC2)[nH]1. The Labute approximate surface area is 112 Å². The largest absolute Gasteiger partial charge is 0.340 e. The van der Waals surface area contributed by atoms with Gasteiger partial charge in [-0.1, -0.05) is 6.92 Å². The van der Waals surface area contributed by atoms with Crippen LogP contribution in [0, 0.1) is 0 Å². The summed E-state index contributed by atoms with van der Waals surface area (Å²) in [5.74, 6) is 0.632. The molecule has 0 unspecified atom stereocenters. The average molecular weight is 286 g/mol. The molecule has 1 fully saturated rings. The monoisotopic (exact) mass is 286 g/mol. The van der Waals surface area contributed by atoms with E-state index < -0.39 is 10.0 Å². The summed E-state index contributed by atoms with van der Waals surface area (Å²) in [6.45, 7) is 4.91. The minimum atomic E-state index is -3.52. The van der Waals surface area contributed by atoms with Gasteiger partial charge in [-0.25, -0.2) is 13.4 Å². The van der Waals surface area contributed by atoms with Crippen molar-refractivity contribution in [3.8, 4) is 0 Å². The van der Waals surface area contributed by atoms with Gasteiger partial charge in [0, 0.05) is 39.5 Å². The fourth-order valence-electron chi connectivity index (χ4n) is 2.04. The molecule has 19 heavy (non-hydrogen) atoms. The molecule has 7 nitrogen and oxygen atoms in total. The van der Waals surface area contributed by atoms with Crippen molar-refractivity contribution >= 4 is 15.9 Å². The number of rotatable bonds is 3. The molecule has 0 aliphatic carbocycles. The summed E-state index contributed by atoms with van der Waals surface area (Å²) in [6.07, 6.45) is 2.01. The first-order chi connectivity index (χ1) is 8.95. The molecular weight excluding hydrogens is 268 g/mol. The second-order valence-electron chi connectivity index (χ2n) is 4.46. The molecule has 0 aromatic carbocycles. The number of sulfonamides is 1. The lowest BCUT2D eigenvalue weighted by molar-refractivity contribution is -0.129. The van der Waals surface area contributed by atoms with Crippen LogP contribution < -0.4 is 0 Å². The van der Waals surface area contributed by atoms with E-state index in [0.717, 1.165) is 0 Å². The number of nitrogens with zero attached hydrogens (tertiary/aromatic N) is 3. The number of aromatic nitrogens is 2. The van der Waals surface area contributed by atoms with E-state index in [1.165, 1.54) is 17.4 Å². The van der Waals surface area contributed by atoms with E-state index in [4.69, 9.17) is 0 Å². The van der Waals surface area contributed by atoms with Gasteiger partial charge in [-0.2, -0.15) is 4.31 Å². The first-order valence-corrected chi connectivity index (χ1v) is 7.68. The number of carbonyl (C=O) groups excluding carboxylic acids is 1. The number of hydrogen-bond acceptors (Lipinski definition) is 4. The highest BCUT2D eigenvalue weighted by atomic mass is 32.2. The molecule has 2 heterocycles. The fourth-order valence-corrected chi connectivity index (χ4v) is 3.39. The van der Waals surface area contributed by atoms with Gasteiger partial charge in [-0.3, -0.25) is 4.79 Å². The Kier molecular flexibility index (Phi) is 3.91. The molecule has 0 bridgehead atoms.